The number of halogens is 3. The van der Waals surface area contributed by atoms with Crippen LogP contribution < -0.4 is 9.64 Å². The summed E-state index contributed by atoms with van der Waals surface area (Å²) in [6.07, 6.45) is -4.59. The van der Waals surface area contributed by atoms with E-state index in [4.69, 9.17) is 9.72 Å². The largest absolute Gasteiger partial charge is 0.497 e. The Hall–Kier alpha value is -3.24. The molecule has 0 saturated carbocycles. The van der Waals surface area contributed by atoms with Crippen LogP contribution in [-0.2, 0) is 12.7 Å². The maximum atomic E-state index is 13.4. The molecule has 3 heterocycles. The van der Waals surface area contributed by atoms with Crippen LogP contribution in [0.4, 0.5) is 19.0 Å². The number of methoxy groups -OCH3 is 1. The van der Waals surface area contributed by atoms with Crippen LogP contribution in [0.2, 0.25) is 0 Å². The number of anilines is 1. The van der Waals surface area contributed by atoms with Gasteiger partial charge in [0.05, 0.1) is 18.3 Å². The average Bonchev–Trinajstić information content (AvgIpc) is 3.32. The van der Waals surface area contributed by atoms with Crippen molar-refractivity contribution >= 4 is 28.1 Å². The molecule has 0 amide bonds. The third kappa shape index (κ3) is 4.69. The van der Waals surface area contributed by atoms with Gasteiger partial charge in [0.25, 0.3) is 0 Å². The van der Waals surface area contributed by atoms with Gasteiger partial charge in [-0.2, -0.15) is 13.2 Å². The Morgan fingerprint density at radius 1 is 0.941 bits per heavy atom. The normalized spacial score (nSPS) is 15.1. The number of thiazole rings is 1. The molecule has 0 radical (unpaired) electrons. The Morgan fingerprint density at radius 2 is 1.68 bits per heavy atom. The quantitative estimate of drug-likeness (QED) is 0.392. The molecule has 1 aliphatic rings. The lowest BCUT2D eigenvalue weighted by Gasteiger charge is -2.35. The lowest BCUT2D eigenvalue weighted by Crippen LogP contribution is -2.46. The summed E-state index contributed by atoms with van der Waals surface area (Å²) >= 11 is 1.59. The second-order valence-corrected chi connectivity index (χ2v) is 8.88. The van der Waals surface area contributed by atoms with E-state index in [1.54, 1.807) is 42.7 Å². The molecule has 0 aliphatic carbocycles. The van der Waals surface area contributed by atoms with E-state index in [2.05, 4.69) is 20.2 Å². The van der Waals surface area contributed by atoms with E-state index >= 15 is 0 Å². The highest BCUT2D eigenvalue weighted by atomic mass is 32.1. The molecule has 6 nitrogen and oxygen atoms in total. The van der Waals surface area contributed by atoms with Crippen LogP contribution in [-0.4, -0.2) is 53.1 Å². The monoisotopic (exact) mass is 485 g/mol. The SMILES string of the molecule is COc1ccc(-c2nc(CN3CCN(c4nc(C(F)(F)F)nc5ccccc45)CC3)cs2)cc1. The van der Waals surface area contributed by atoms with Gasteiger partial charge in [0.1, 0.15) is 16.6 Å². The Kier molecular flexibility index (Phi) is 6.09. The van der Waals surface area contributed by atoms with Gasteiger partial charge in [0.15, 0.2) is 0 Å². The Balaban J connectivity index is 1.28. The summed E-state index contributed by atoms with van der Waals surface area (Å²) in [7, 11) is 1.64. The lowest BCUT2D eigenvalue weighted by molar-refractivity contribution is -0.144. The molecular weight excluding hydrogens is 463 g/mol. The zero-order chi connectivity index (χ0) is 23.7. The summed E-state index contributed by atoms with van der Waals surface area (Å²) < 4.78 is 45.3. The highest BCUT2D eigenvalue weighted by Crippen LogP contribution is 2.32. The van der Waals surface area contributed by atoms with E-state index in [1.807, 2.05) is 29.2 Å². The number of ether oxygens (including phenoxy) is 1. The molecule has 2 aromatic carbocycles. The van der Waals surface area contributed by atoms with E-state index in [0.29, 0.717) is 49.4 Å². The van der Waals surface area contributed by atoms with Crippen LogP contribution >= 0.6 is 11.3 Å². The molecule has 0 unspecified atom stereocenters. The van der Waals surface area contributed by atoms with Crippen LogP contribution in [0.3, 0.4) is 0 Å². The molecule has 0 spiro atoms. The summed E-state index contributed by atoms with van der Waals surface area (Å²) in [6.45, 7) is 3.25. The molecule has 1 aliphatic heterocycles. The standard InChI is InChI=1S/C24H22F3N5OS/c1-33-18-8-6-16(7-9-18)22-28-17(15-34-22)14-31-10-12-32(13-11-31)21-19-4-2-3-5-20(19)29-23(30-21)24(25,26)27/h2-9,15H,10-14H2,1H3. The molecule has 1 saturated heterocycles. The fraction of sp³-hybridized carbons (Fsp3) is 0.292. The van der Waals surface area contributed by atoms with Crippen molar-refractivity contribution in [3.63, 3.8) is 0 Å². The summed E-state index contributed by atoms with van der Waals surface area (Å²) in [6, 6.07) is 14.6. The van der Waals surface area contributed by atoms with Crippen molar-refractivity contribution in [2.75, 3.05) is 38.2 Å². The molecule has 1 fully saturated rings. The fourth-order valence-corrected chi connectivity index (χ4v) is 4.84. The number of nitrogens with zero attached hydrogens (tertiary/aromatic N) is 5. The number of hydrogen-bond donors (Lipinski definition) is 0. The minimum absolute atomic E-state index is 0.302. The first-order chi connectivity index (χ1) is 16.4. The molecule has 0 bridgehead atoms. The minimum atomic E-state index is -4.59. The molecule has 2 aromatic heterocycles. The highest BCUT2D eigenvalue weighted by Gasteiger charge is 2.36. The molecule has 0 atom stereocenters. The summed E-state index contributed by atoms with van der Waals surface area (Å²) in [5.74, 6) is 0.0439. The van der Waals surface area contributed by atoms with Gasteiger partial charge in [-0.15, -0.1) is 11.3 Å². The third-order valence-corrected chi connectivity index (χ3v) is 6.72. The van der Waals surface area contributed by atoms with Crippen LogP contribution in [0.25, 0.3) is 21.5 Å². The number of hydrogen-bond acceptors (Lipinski definition) is 7. The predicted molar refractivity (Wildman–Crippen MR) is 126 cm³/mol. The molecule has 0 N–H and O–H groups in total. The number of alkyl halides is 3. The summed E-state index contributed by atoms with van der Waals surface area (Å²) in [5, 5.41) is 3.63. The van der Waals surface area contributed by atoms with Crippen molar-refractivity contribution in [2.24, 2.45) is 0 Å². The van der Waals surface area contributed by atoms with E-state index in [0.717, 1.165) is 22.0 Å². The van der Waals surface area contributed by atoms with Crippen molar-refractivity contribution in [1.29, 1.82) is 0 Å². The molecular formula is C24H22F3N5OS. The van der Waals surface area contributed by atoms with Gasteiger partial charge in [-0.05, 0) is 36.4 Å². The first-order valence-electron chi connectivity index (χ1n) is 10.8. The van der Waals surface area contributed by atoms with Crippen molar-refractivity contribution in [1.82, 2.24) is 19.9 Å². The number of aromatic nitrogens is 3. The summed E-state index contributed by atoms with van der Waals surface area (Å²) in [4.78, 5) is 16.6. The first kappa shape index (κ1) is 22.5. The Labute approximate surface area is 198 Å². The number of piperazine rings is 1. The second kappa shape index (κ2) is 9.19. The number of para-hydroxylation sites is 1. The Morgan fingerprint density at radius 3 is 2.38 bits per heavy atom. The molecule has 34 heavy (non-hydrogen) atoms. The minimum Gasteiger partial charge on any atom is -0.497 e. The predicted octanol–water partition coefficient (Wildman–Crippen LogP) is 5.10. The smallest absolute Gasteiger partial charge is 0.451 e. The van der Waals surface area contributed by atoms with Crippen LogP contribution in [0, 0.1) is 0 Å². The van der Waals surface area contributed by atoms with Crippen molar-refractivity contribution in [3.8, 4) is 16.3 Å². The van der Waals surface area contributed by atoms with Gasteiger partial charge in [-0.25, -0.2) is 15.0 Å². The molecule has 10 heteroatoms. The van der Waals surface area contributed by atoms with Crippen molar-refractivity contribution in [2.45, 2.75) is 12.7 Å². The van der Waals surface area contributed by atoms with Crippen molar-refractivity contribution < 1.29 is 17.9 Å². The van der Waals surface area contributed by atoms with Crippen LogP contribution in [0.15, 0.2) is 53.9 Å². The van der Waals surface area contributed by atoms with Gasteiger partial charge in [0, 0.05) is 49.1 Å². The number of fused-ring (bicyclic) bond motifs is 1. The average molecular weight is 486 g/mol. The fourth-order valence-electron chi connectivity index (χ4n) is 4.02. The van der Waals surface area contributed by atoms with Crippen LogP contribution in [0.5, 0.6) is 5.75 Å². The summed E-state index contributed by atoms with van der Waals surface area (Å²) in [5.41, 5.74) is 2.32. The zero-order valence-corrected chi connectivity index (χ0v) is 19.2. The van der Waals surface area contributed by atoms with Gasteiger partial charge >= 0.3 is 6.18 Å². The first-order valence-corrected chi connectivity index (χ1v) is 11.7. The topological polar surface area (TPSA) is 54.4 Å². The number of benzene rings is 2. The van der Waals surface area contributed by atoms with E-state index in [-0.39, 0.29) is 0 Å². The van der Waals surface area contributed by atoms with E-state index in [9.17, 15) is 13.2 Å². The molecule has 176 valence electrons. The van der Waals surface area contributed by atoms with Gasteiger partial charge < -0.3 is 9.64 Å². The van der Waals surface area contributed by atoms with Gasteiger partial charge in [0.2, 0.25) is 5.82 Å². The molecule has 4 aromatic rings. The van der Waals surface area contributed by atoms with Crippen LogP contribution in [0.1, 0.15) is 11.5 Å². The van der Waals surface area contributed by atoms with Gasteiger partial charge in [-0.1, -0.05) is 12.1 Å². The van der Waals surface area contributed by atoms with E-state index in [1.165, 1.54) is 0 Å². The maximum absolute atomic E-state index is 13.4. The zero-order valence-electron chi connectivity index (χ0n) is 18.4. The molecule has 5 rings (SSSR count). The van der Waals surface area contributed by atoms with Gasteiger partial charge in [-0.3, -0.25) is 4.90 Å². The third-order valence-electron chi connectivity index (χ3n) is 5.78. The van der Waals surface area contributed by atoms with E-state index < -0.39 is 12.0 Å². The Bertz CT molecular complexity index is 1280. The maximum Gasteiger partial charge on any atom is 0.451 e. The number of rotatable bonds is 5. The second-order valence-electron chi connectivity index (χ2n) is 8.02. The highest BCUT2D eigenvalue weighted by molar-refractivity contribution is 7.13. The lowest BCUT2D eigenvalue weighted by atomic mass is 10.2. The van der Waals surface area contributed by atoms with Crippen molar-refractivity contribution in [3.05, 3.63) is 65.4 Å².